The molecule has 3 aromatic rings. The van der Waals surface area contributed by atoms with Crippen LogP contribution in [0.15, 0.2) is 59.4 Å². The first-order valence-electron chi connectivity index (χ1n) is 13.2. The molecule has 212 valence electrons. The van der Waals surface area contributed by atoms with Crippen molar-refractivity contribution in [1.82, 2.24) is 14.8 Å². The molecule has 0 fully saturated rings. The lowest BCUT2D eigenvalue weighted by molar-refractivity contribution is 0.0183. The van der Waals surface area contributed by atoms with Gasteiger partial charge in [-0.05, 0) is 25.3 Å². The molecule has 1 spiro atoms. The van der Waals surface area contributed by atoms with Crippen LogP contribution in [0.1, 0.15) is 51.0 Å². The van der Waals surface area contributed by atoms with Crippen molar-refractivity contribution in [2.75, 3.05) is 6.54 Å². The first-order chi connectivity index (χ1) is 19.6. The SMILES string of the molecule is C[C@H]1C=C[C@H](O)[C@]23CCc4c(C(=O)NCc5c(F)cc(F)cc5F)c(=O)c(OCc5ccccc5)c(n42)C(=O)N1C3. The molecule has 2 bridgehead atoms. The Labute approximate surface area is 232 Å². The van der Waals surface area contributed by atoms with Crippen molar-refractivity contribution in [3.8, 4) is 5.75 Å². The summed E-state index contributed by atoms with van der Waals surface area (Å²) in [5.41, 5.74) is -1.93. The highest BCUT2D eigenvalue weighted by atomic mass is 19.1. The molecule has 3 atom stereocenters. The Bertz CT molecular complexity index is 1650. The monoisotopic (exact) mass is 565 g/mol. The van der Waals surface area contributed by atoms with E-state index in [0.29, 0.717) is 24.1 Å². The summed E-state index contributed by atoms with van der Waals surface area (Å²) in [6.07, 6.45) is 2.81. The molecular formula is C30H26F3N3O5. The standard InChI is InChI=1S/C30H26F3N3O5/c1-16-7-8-23(37)30-10-9-22-24(28(39)34-13-19-20(32)11-18(31)12-21(19)33)26(38)27(41-14-17-5-3-2-4-6-17)25(36(22)30)29(40)35(16)15-30/h2-8,11-12,16,23,37H,9-10,13-15H2,1H3,(H,34,39)/t16-,23-,30+/m0/s1. The van der Waals surface area contributed by atoms with E-state index >= 15 is 0 Å². The third kappa shape index (κ3) is 4.22. The van der Waals surface area contributed by atoms with Gasteiger partial charge in [-0.3, -0.25) is 14.4 Å². The van der Waals surface area contributed by atoms with Crippen molar-refractivity contribution < 1.29 is 32.6 Å². The minimum absolute atomic E-state index is 0.0496. The molecule has 0 unspecified atom stereocenters. The Morgan fingerprint density at radius 2 is 1.83 bits per heavy atom. The van der Waals surface area contributed by atoms with E-state index in [0.717, 1.165) is 0 Å². The molecule has 2 N–H and O–H groups in total. The van der Waals surface area contributed by atoms with Crippen molar-refractivity contribution in [1.29, 1.82) is 0 Å². The van der Waals surface area contributed by atoms with Crippen molar-refractivity contribution in [2.45, 2.75) is 50.6 Å². The van der Waals surface area contributed by atoms with Gasteiger partial charge in [0.2, 0.25) is 5.43 Å². The highest BCUT2D eigenvalue weighted by molar-refractivity contribution is 6.01. The molecule has 8 nitrogen and oxygen atoms in total. The van der Waals surface area contributed by atoms with Gasteiger partial charge in [-0.1, -0.05) is 42.5 Å². The van der Waals surface area contributed by atoms with Crippen molar-refractivity contribution in [3.63, 3.8) is 0 Å². The van der Waals surface area contributed by atoms with Crippen LogP contribution in [0.25, 0.3) is 0 Å². The van der Waals surface area contributed by atoms with Crippen LogP contribution < -0.4 is 15.5 Å². The first kappa shape index (κ1) is 26.8. The number of fused-ring (bicyclic) bond motifs is 1. The van der Waals surface area contributed by atoms with Crippen LogP contribution in [0.2, 0.25) is 0 Å². The number of carbonyl (C=O) groups excluding carboxylic acids is 2. The number of nitrogens with one attached hydrogen (secondary N) is 1. The van der Waals surface area contributed by atoms with Gasteiger partial charge in [0.05, 0.1) is 11.6 Å². The summed E-state index contributed by atoms with van der Waals surface area (Å²) in [6.45, 7) is 1.23. The molecule has 4 heterocycles. The largest absolute Gasteiger partial charge is 0.483 e. The van der Waals surface area contributed by atoms with E-state index in [1.165, 1.54) is 0 Å². The molecule has 0 saturated carbocycles. The van der Waals surface area contributed by atoms with Gasteiger partial charge in [-0.2, -0.15) is 0 Å². The fourth-order valence-corrected chi connectivity index (χ4v) is 6.07. The summed E-state index contributed by atoms with van der Waals surface area (Å²) in [7, 11) is 0. The topological polar surface area (TPSA) is 101 Å². The van der Waals surface area contributed by atoms with Gasteiger partial charge in [0.1, 0.15) is 29.6 Å². The van der Waals surface area contributed by atoms with Crippen LogP contribution in [-0.4, -0.2) is 45.1 Å². The Hall–Kier alpha value is -4.38. The molecule has 0 saturated heterocycles. The molecule has 2 amide bonds. The van der Waals surface area contributed by atoms with E-state index in [9.17, 15) is 32.7 Å². The molecule has 0 radical (unpaired) electrons. The second-order valence-electron chi connectivity index (χ2n) is 10.6. The van der Waals surface area contributed by atoms with Gasteiger partial charge in [-0.25, -0.2) is 13.2 Å². The number of carbonyl (C=O) groups is 2. The minimum atomic E-state index is -1.19. The number of benzene rings is 2. The second-order valence-corrected chi connectivity index (χ2v) is 10.6. The van der Waals surface area contributed by atoms with Gasteiger partial charge in [0.15, 0.2) is 11.4 Å². The molecular weight excluding hydrogens is 539 g/mol. The fourth-order valence-electron chi connectivity index (χ4n) is 6.07. The van der Waals surface area contributed by atoms with Crippen molar-refractivity contribution >= 4 is 11.8 Å². The Morgan fingerprint density at radius 3 is 2.54 bits per heavy atom. The number of aliphatic hydroxyl groups is 1. The number of rotatable bonds is 6. The van der Waals surface area contributed by atoms with Gasteiger partial charge in [-0.15, -0.1) is 0 Å². The molecule has 6 rings (SSSR count). The van der Waals surface area contributed by atoms with Gasteiger partial charge < -0.3 is 24.6 Å². The highest BCUT2D eigenvalue weighted by Gasteiger charge is 2.55. The number of hydrogen-bond donors (Lipinski definition) is 2. The number of halogens is 3. The predicted molar refractivity (Wildman–Crippen MR) is 141 cm³/mol. The summed E-state index contributed by atoms with van der Waals surface area (Å²) in [4.78, 5) is 42.9. The van der Waals surface area contributed by atoms with Crippen LogP contribution in [0.4, 0.5) is 13.2 Å². The van der Waals surface area contributed by atoms with Gasteiger partial charge in [0.25, 0.3) is 11.8 Å². The normalized spacial score (nSPS) is 22.4. The van der Waals surface area contributed by atoms with E-state index in [-0.39, 0.29) is 48.3 Å². The maximum Gasteiger partial charge on any atom is 0.275 e. The molecule has 0 aliphatic carbocycles. The molecule has 2 aromatic carbocycles. The summed E-state index contributed by atoms with van der Waals surface area (Å²) in [5, 5.41) is 13.7. The Morgan fingerprint density at radius 1 is 1.12 bits per heavy atom. The molecule has 3 aliphatic rings. The van der Waals surface area contributed by atoms with Crippen LogP contribution in [-0.2, 0) is 25.1 Å². The maximum atomic E-state index is 14.2. The number of aromatic nitrogens is 1. The average molecular weight is 566 g/mol. The van der Waals surface area contributed by atoms with Gasteiger partial charge >= 0.3 is 0 Å². The number of aliphatic hydroxyl groups excluding tert-OH is 1. The quantitative estimate of drug-likeness (QED) is 0.448. The minimum Gasteiger partial charge on any atom is -0.483 e. The fraction of sp³-hybridized carbons (Fsp3) is 0.300. The van der Waals surface area contributed by atoms with E-state index in [1.54, 1.807) is 45.9 Å². The lowest BCUT2D eigenvalue weighted by Gasteiger charge is -2.45. The zero-order valence-electron chi connectivity index (χ0n) is 22.0. The summed E-state index contributed by atoms with van der Waals surface area (Å²) >= 11 is 0. The highest BCUT2D eigenvalue weighted by Crippen LogP contribution is 2.45. The smallest absolute Gasteiger partial charge is 0.275 e. The number of amides is 2. The Balaban J connectivity index is 1.49. The van der Waals surface area contributed by atoms with E-state index in [2.05, 4.69) is 5.32 Å². The van der Waals surface area contributed by atoms with Gasteiger partial charge in [0, 0.05) is 42.5 Å². The molecule has 41 heavy (non-hydrogen) atoms. The lowest BCUT2D eigenvalue weighted by Crippen LogP contribution is -2.58. The maximum absolute atomic E-state index is 14.2. The molecule has 3 aliphatic heterocycles. The summed E-state index contributed by atoms with van der Waals surface area (Å²) in [6, 6.07) is 9.57. The molecule has 11 heteroatoms. The first-order valence-corrected chi connectivity index (χ1v) is 13.2. The lowest BCUT2D eigenvalue weighted by atomic mass is 9.87. The number of hydrogen-bond acceptors (Lipinski definition) is 5. The number of ether oxygens (including phenoxy) is 1. The number of nitrogens with zero attached hydrogens (tertiary/aromatic N) is 2. The van der Waals surface area contributed by atoms with E-state index in [1.807, 2.05) is 13.0 Å². The second kappa shape index (κ2) is 9.91. The third-order valence-corrected chi connectivity index (χ3v) is 8.18. The third-order valence-electron chi connectivity index (χ3n) is 8.18. The zero-order valence-corrected chi connectivity index (χ0v) is 22.0. The summed E-state index contributed by atoms with van der Waals surface area (Å²) in [5.74, 6) is -5.23. The predicted octanol–water partition coefficient (Wildman–Crippen LogP) is 3.19. The van der Waals surface area contributed by atoms with Crippen LogP contribution in [0.3, 0.4) is 0 Å². The average Bonchev–Trinajstić information content (AvgIpc) is 3.27. The van der Waals surface area contributed by atoms with Crippen LogP contribution in [0.5, 0.6) is 5.75 Å². The number of pyridine rings is 1. The zero-order chi connectivity index (χ0) is 29.1. The molecule has 1 aromatic heterocycles. The van der Waals surface area contributed by atoms with Crippen molar-refractivity contribution in [3.05, 3.63) is 110 Å². The van der Waals surface area contributed by atoms with E-state index < -0.39 is 58.4 Å². The van der Waals surface area contributed by atoms with E-state index in [4.69, 9.17) is 4.74 Å². The van der Waals surface area contributed by atoms with Crippen molar-refractivity contribution in [2.24, 2.45) is 0 Å². The Kier molecular flexibility index (Phi) is 6.49. The van der Waals surface area contributed by atoms with Crippen LogP contribution in [0, 0.1) is 17.5 Å². The van der Waals surface area contributed by atoms with Crippen LogP contribution >= 0.6 is 0 Å². The summed E-state index contributed by atoms with van der Waals surface area (Å²) < 4.78 is 49.4.